The number of amides is 1. The first-order chi connectivity index (χ1) is 14.3. The number of anilines is 2. The van der Waals surface area contributed by atoms with Crippen LogP contribution in [-0.2, 0) is 16.4 Å². The highest BCUT2D eigenvalue weighted by molar-refractivity contribution is 7.92. The summed E-state index contributed by atoms with van der Waals surface area (Å²) in [4.78, 5) is 12.3. The molecular formula is C22H21FN2O4S. The van der Waals surface area contributed by atoms with Gasteiger partial charge >= 0.3 is 0 Å². The Kier molecular flexibility index (Phi) is 6.37. The molecule has 8 heteroatoms. The van der Waals surface area contributed by atoms with E-state index < -0.39 is 21.7 Å². The lowest BCUT2D eigenvalue weighted by atomic mass is 10.2. The fraction of sp³-hybridized carbons (Fsp3) is 0.136. The Morgan fingerprint density at radius 2 is 1.73 bits per heavy atom. The van der Waals surface area contributed by atoms with Crippen molar-refractivity contribution in [2.24, 2.45) is 0 Å². The smallest absolute Gasteiger partial charge is 0.265 e. The Labute approximate surface area is 174 Å². The molecule has 156 valence electrons. The molecule has 0 spiro atoms. The maximum atomic E-state index is 13.8. The van der Waals surface area contributed by atoms with E-state index in [1.807, 2.05) is 19.1 Å². The van der Waals surface area contributed by atoms with Gasteiger partial charge in [0, 0.05) is 11.3 Å². The largest absolute Gasteiger partial charge is 0.495 e. The molecule has 3 rings (SSSR count). The summed E-state index contributed by atoms with van der Waals surface area (Å²) in [5, 5.41) is 2.44. The summed E-state index contributed by atoms with van der Waals surface area (Å²) in [6.07, 6.45) is 0.833. The van der Waals surface area contributed by atoms with Crippen molar-refractivity contribution in [2.75, 3.05) is 17.1 Å². The van der Waals surface area contributed by atoms with Gasteiger partial charge in [0.2, 0.25) is 0 Å². The summed E-state index contributed by atoms with van der Waals surface area (Å²) in [6, 6.07) is 16.7. The predicted molar refractivity (Wildman–Crippen MR) is 114 cm³/mol. The van der Waals surface area contributed by atoms with Gasteiger partial charge in [-0.15, -0.1) is 0 Å². The first-order valence-electron chi connectivity index (χ1n) is 9.19. The van der Waals surface area contributed by atoms with E-state index in [2.05, 4.69) is 10.0 Å². The molecule has 2 N–H and O–H groups in total. The zero-order valence-corrected chi connectivity index (χ0v) is 17.3. The van der Waals surface area contributed by atoms with Crippen LogP contribution in [0.4, 0.5) is 15.8 Å². The summed E-state index contributed by atoms with van der Waals surface area (Å²) >= 11 is 0. The molecule has 0 bridgehead atoms. The summed E-state index contributed by atoms with van der Waals surface area (Å²) in [6.45, 7) is 2.00. The third-order valence-electron chi connectivity index (χ3n) is 4.45. The van der Waals surface area contributed by atoms with Crippen LogP contribution < -0.4 is 14.8 Å². The second-order valence-electron chi connectivity index (χ2n) is 6.46. The van der Waals surface area contributed by atoms with Crippen LogP contribution in [0.5, 0.6) is 5.75 Å². The number of hydrogen-bond donors (Lipinski definition) is 2. The predicted octanol–water partition coefficient (Wildman–Crippen LogP) is 4.45. The van der Waals surface area contributed by atoms with E-state index in [-0.39, 0.29) is 21.9 Å². The fourth-order valence-electron chi connectivity index (χ4n) is 2.80. The zero-order chi connectivity index (χ0) is 21.7. The Morgan fingerprint density at radius 3 is 2.37 bits per heavy atom. The third-order valence-corrected chi connectivity index (χ3v) is 5.85. The Hall–Kier alpha value is -3.39. The van der Waals surface area contributed by atoms with E-state index in [4.69, 9.17) is 4.74 Å². The number of sulfonamides is 1. The van der Waals surface area contributed by atoms with Gasteiger partial charge in [-0.2, -0.15) is 0 Å². The van der Waals surface area contributed by atoms with Crippen LogP contribution in [0, 0.1) is 5.82 Å². The van der Waals surface area contributed by atoms with E-state index in [0.29, 0.717) is 5.69 Å². The quantitative estimate of drug-likeness (QED) is 0.582. The molecule has 0 unspecified atom stereocenters. The molecule has 0 atom stereocenters. The first kappa shape index (κ1) is 21.3. The minimum atomic E-state index is -4.04. The molecule has 0 aromatic heterocycles. The van der Waals surface area contributed by atoms with Gasteiger partial charge in [-0.05, 0) is 54.4 Å². The summed E-state index contributed by atoms with van der Waals surface area (Å²) in [7, 11) is -2.70. The lowest BCUT2D eigenvalue weighted by Crippen LogP contribution is -2.17. The Bertz CT molecular complexity index is 1160. The lowest BCUT2D eigenvalue weighted by molar-refractivity contribution is 0.102. The second-order valence-corrected chi connectivity index (χ2v) is 8.11. The molecule has 3 aromatic carbocycles. The summed E-state index contributed by atoms with van der Waals surface area (Å²) in [5.74, 6) is -1.16. The normalized spacial score (nSPS) is 11.0. The molecule has 1 amide bonds. The number of para-hydroxylation sites is 1. The van der Waals surface area contributed by atoms with Crippen molar-refractivity contribution in [2.45, 2.75) is 18.2 Å². The highest BCUT2D eigenvalue weighted by Crippen LogP contribution is 2.28. The maximum absolute atomic E-state index is 13.8. The van der Waals surface area contributed by atoms with Gasteiger partial charge in [-0.3, -0.25) is 9.52 Å². The number of ether oxygens (including phenoxy) is 1. The van der Waals surface area contributed by atoms with Gasteiger partial charge in [0.1, 0.15) is 16.5 Å². The van der Waals surface area contributed by atoms with Crippen LogP contribution in [0.25, 0.3) is 0 Å². The van der Waals surface area contributed by atoms with Gasteiger partial charge in [0.05, 0.1) is 12.8 Å². The summed E-state index contributed by atoms with van der Waals surface area (Å²) in [5.41, 5.74) is 1.50. The van der Waals surface area contributed by atoms with Crippen molar-refractivity contribution < 1.29 is 22.3 Å². The Morgan fingerprint density at radius 1 is 1.03 bits per heavy atom. The molecule has 0 aliphatic rings. The molecule has 0 aliphatic heterocycles. The number of hydrogen-bond acceptors (Lipinski definition) is 4. The second kappa shape index (κ2) is 8.96. The van der Waals surface area contributed by atoms with Crippen LogP contribution >= 0.6 is 0 Å². The molecule has 0 saturated heterocycles. The minimum absolute atomic E-state index is 0.00290. The van der Waals surface area contributed by atoms with E-state index in [1.54, 1.807) is 18.2 Å². The molecule has 30 heavy (non-hydrogen) atoms. The standard InChI is InChI=1S/C22H21FN2O4S/c1-3-15-8-11-17(12-9-15)25-30(27,28)21-14-16(10-13-20(21)29-2)22(26)24-19-7-5-4-6-18(19)23/h4-14,25H,3H2,1-2H3,(H,24,26). The van der Waals surface area contributed by atoms with Gasteiger partial charge in [0.15, 0.2) is 0 Å². The fourth-order valence-corrected chi connectivity index (χ4v) is 4.06. The lowest BCUT2D eigenvalue weighted by Gasteiger charge is -2.14. The van der Waals surface area contributed by atoms with E-state index in [9.17, 15) is 17.6 Å². The maximum Gasteiger partial charge on any atom is 0.265 e. The van der Waals surface area contributed by atoms with E-state index in [1.165, 1.54) is 43.5 Å². The van der Waals surface area contributed by atoms with Crippen LogP contribution in [0.1, 0.15) is 22.8 Å². The molecule has 0 fully saturated rings. The van der Waals surface area contributed by atoms with Crippen LogP contribution in [-0.4, -0.2) is 21.4 Å². The number of carbonyl (C=O) groups excluding carboxylic acids is 1. The molecule has 3 aromatic rings. The molecule has 0 aliphatic carbocycles. The number of halogens is 1. The minimum Gasteiger partial charge on any atom is -0.495 e. The van der Waals surface area contributed by atoms with Crippen LogP contribution in [0.15, 0.2) is 71.6 Å². The highest BCUT2D eigenvalue weighted by Gasteiger charge is 2.22. The topological polar surface area (TPSA) is 84.5 Å². The van der Waals surface area contributed by atoms with Crippen molar-refractivity contribution in [3.05, 3.63) is 83.7 Å². The zero-order valence-electron chi connectivity index (χ0n) is 16.5. The van der Waals surface area contributed by atoms with E-state index in [0.717, 1.165) is 12.0 Å². The average Bonchev–Trinajstić information content (AvgIpc) is 2.75. The molecule has 6 nitrogen and oxygen atoms in total. The summed E-state index contributed by atoms with van der Waals surface area (Å²) < 4.78 is 47.3. The van der Waals surface area contributed by atoms with Gasteiger partial charge in [-0.1, -0.05) is 31.2 Å². The monoisotopic (exact) mass is 428 g/mol. The van der Waals surface area contributed by atoms with Gasteiger partial charge in [-0.25, -0.2) is 12.8 Å². The van der Waals surface area contributed by atoms with Crippen molar-refractivity contribution in [3.8, 4) is 5.75 Å². The number of benzene rings is 3. The third kappa shape index (κ3) is 4.77. The van der Waals surface area contributed by atoms with Gasteiger partial charge < -0.3 is 10.1 Å². The number of methoxy groups -OCH3 is 1. The number of nitrogens with one attached hydrogen (secondary N) is 2. The molecule has 0 radical (unpaired) electrons. The van der Waals surface area contributed by atoms with Crippen molar-refractivity contribution in [1.29, 1.82) is 0 Å². The highest BCUT2D eigenvalue weighted by atomic mass is 32.2. The van der Waals surface area contributed by atoms with Crippen LogP contribution in [0.2, 0.25) is 0 Å². The van der Waals surface area contributed by atoms with Crippen molar-refractivity contribution in [3.63, 3.8) is 0 Å². The average molecular weight is 428 g/mol. The van der Waals surface area contributed by atoms with E-state index >= 15 is 0 Å². The first-order valence-corrected chi connectivity index (χ1v) is 10.7. The SMILES string of the molecule is CCc1ccc(NS(=O)(=O)c2cc(C(=O)Nc3ccccc3F)ccc2OC)cc1. The number of rotatable bonds is 7. The Balaban J connectivity index is 1.91. The number of aryl methyl sites for hydroxylation is 1. The molecular weight excluding hydrogens is 407 g/mol. The molecule has 0 heterocycles. The van der Waals surface area contributed by atoms with Crippen molar-refractivity contribution >= 4 is 27.3 Å². The molecule has 0 saturated carbocycles. The van der Waals surface area contributed by atoms with Crippen LogP contribution in [0.3, 0.4) is 0 Å². The number of carbonyl (C=O) groups is 1. The van der Waals surface area contributed by atoms with Crippen molar-refractivity contribution in [1.82, 2.24) is 0 Å². The van der Waals surface area contributed by atoms with Gasteiger partial charge in [0.25, 0.3) is 15.9 Å².